The van der Waals surface area contributed by atoms with Crippen LogP contribution in [0.3, 0.4) is 0 Å². The van der Waals surface area contributed by atoms with Crippen molar-refractivity contribution in [1.82, 2.24) is 0 Å². The Balaban J connectivity index is 1.03. The quantitative estimate of drug-likeness (QED) is 0.0758. The lowest BCUT2D eigenvalue weighted by Gasteiger charge is -2.54. The van der Waals surface area contributed by atoms with Crippen molar-refractivity contribution in [3.63, 3.8) is 0 Å². The zero-order valence-electron chi connectivity index (χ0n) is 31.5. The first-order chi connectivity index (χ1) is 24.3. The van der Waals surface area contributed by atoms with Gasteiger partial charge in [-0.05, 0) is 107 Å². The fraction of sp³-hybridized carbons (Fsp3) is 0.767. The molecule has 0 bridgehead atoms. The molecule has 5 aliphatic rings. The molecule has 284 valence electrons. The van der Waals surface area contributed by atoms with Crippen molar-refractivity contribution in [2.24, 2.45) is 34.5 Å². The Morgan fingerprint density at radius 3 is 2.47 bits per heavy atom. The molecule has 0 saturated heterocycles. The lowest BCUT2D eigenvalue weighted by Crippen LogP contribution is -2.55. The summed E-state index contributed by atoms with van der Waals surface area (Å²) >= 11 is 0. The number of unbranched alkanes of at least 4 members (excludes halogenated alkanes) is 5. The van der Waals surface area contributed by atoms with E-state index in [-0.39, 0.29) is 47.1 Å². The lowest BCUT2D eigenvalue weighted by atomic mass is 9.50. The molecule has 5 rings (SSSR count). The highest BCUT2D eigenvalue weighted by Gasteiger charge is 2.64. The highest BCUT2D eigenvalue weighted by atomic mass is 16.5. The molecule has 0 aromatic carbocycles. The number of rotatable bonds is 18. The topological polar surface area (TPSA) is 138 Å². The maximum Gasteiger partial charge on any atom is 0.306 e. The van der Waals surface area contributed by atoms with Gasteiger partial charge in [-0.3, -0.25) is 19.2 Å². The van der Waals surface area contributed by atoms with Gasteiger partial charge in [0.05, 0.1) is 12.2 Å². The Labute approximate surface area is 305 Å². The molecule has 51 heavy (non-hydrogen) atoms. The number of allylic oxidation sites excluding steroid dienone is 6. The smallest absolute Gasteiger partial charge is 0.306 e. The highest BCUT2D eigenvalue weighted by Crippen LogP contribution is 2.65. The van der Waals surface area contributed by atoms with Crippen molar-refractivity contribution in [3.8, 4) is 0 Å². The average molecular weight is 709 g/mol. The third-order valence-corrected chi connectivity index (χ3v) is 14.0. The summed E-state index contributed by atoms with van der Waals surface area (Å²) < 4.78 is 5.41. The Bertz CT molecular complexity index is 1380. The van der Waals surface area contributed by atoms with Gasteiger partial charge in [-0.25, -0.2) is 0 Å². The predicted octanol–water partition coefficient (Wildman–Crippen LogP) is 7.47. The molecule has 0 aliphatic heterocycles. The zero-order valence-corrected chi connectivity index (χ0v) is 31.5. The van der Waals surface area contributed by atoms with Crippen molar-refractivity contribution >= 4 is 23.3 Å². The van der Waals surface area contributed by atoms with E-state index in [1.807, 2.05) is 25.2 Å². The van der Waals surface area contributed by atoms with E-state index in [1.54, 1.807) is 0 Å². The van der Waals surface area contributed by atoms with E-state index >= 15 is 0 Å². The number of Topliss-reactive ketones (excluding diaryl/α,β-unsaturated/α-hetero) is 2. The minimum absolute atomic E-state index is 0.0906. The monoisotopic (exact) mass is 708 g/mol. The summed E-state index contributed by atoms with van der Waals surface area (Å²) in [7, 11) is 0. The SMILES string of the molecule is CCCCCCCC(=O)CC[C@@H]1[C@@H](C/C=C\CCCC(=O)OCC(=O)[C@@]2(O)CC[C@H]3[C@@H]4CCC5=CC(=O)CC[C@]5(C)C4=CC[C@@]32C)[C@@H](O)C[C@H]1O. The molecule has 3 fully saturated rings. The maximum atomic E-state index is 13.5. The fourth-order valence-electron chi connectivity index (χ4n) is 10.7. The number of aliphatic hydroxyl groups excluding tert-OH is 2. The Kier molecular flexibility index (Phi) is 13.4. The van der Waals surface area contributed by atoms with Gasteiger partial charge in [-0.15, -0.1) is 0 Å². The molecular weight excluding hydrogens is 644 g/mol. The number of carbonyl (C=O) groups excluding carboxylic acids is 4. The van der Waals surface area contributed by atoms with E-state index in [4.69, 9.17) is 4.74 Å². The number of carbonyl (C=O) groups is 4. The second-order valence-electron chi connectivity index (χ2n) is 17.0. The van der Waals surface area contributed by atoms with E-state index in [9.17, 15) is 34.5 Å². The van der Waals surface area contributed by atoms with E-state index in [1.165, 1.54) is 30.4 Å². The number of hydrogen-bond donors (Lipinski definition) is 3. The van der Waals surface area contributed by atoms with E-state index in [2.05, 4.69) is 19.9 Å². The molecule has 0 amide bonds. The Morgan fingerprint density at radius 1 is 0.922 bits per heavy atom. The van der Waals surface area contributed by atoms with Gasteiger partial charge in [0.15, 0.2) is 12.4 Å². The van der Waals surface area contributed by atoms with Crippen molar-refractivity contribution < 1.29 is 39.2 Å². The Hall–Kier alpha value is -2.42. The summed E-state index contributed by atoms with van der Waals surface area (Å²) in [6, 6.07) is 0. The lowest BCUT2D eigenvalue weighted by molar-refractivity contribution is -0.163. The van der Waals surface area contributed by atoms with Crippen LogP contribution in [0, 0.1) is 34.5 Å². The van der Waals surface area contributed by atoms with Crippen molar-refractivity contribution in [2.75, 3.05) is 6.61 Å². The van der Waals surface area contributed by atoms with Crippen LogP contribution in [0.1, 0.15) is 149 Å². The molecule has 0 aromatic rings. The first-order valence-electron chi connectivity index (χ1n) is 20.2. The van der Waals surface area contributed by atoms with Crippen LogP contribution in [0.25, 0.3) is 0 Å². The number of esters is 1. The number of ether oxygens (including phenoxy) is 1. The predicted molar refractivity (Wildman–Crippen MR) is 196 cm³/mol. The molecule has 3 saturated carbocycles. The van der Waals surface area contributed by atoms with Gasteiger partial charge < -0.3 is 20.1 Å². The molecule has 8 nitrogen and oxygen atoms in total. The minimum Gasteiger partial charge on any atom is -0.458 e. The van der Waals surface area contributed by atoms with Crippen molar-refractivity contribution in [1.29, 1.82) is 0 Å². The Morgan fingerprint density at radius 2 is 1.69 bits per heavy atom. The summed E-state index contributed by atoms with van der Waals surface area (Å²) in [5.41, 5.74) is 0.355. The second kappa shape index (κ2) is 17.2. The van der Waals surface area contributed by atoms with Crippen molar-refractivity contribution in [2.45, 2.75) is 167 Å². The first-order valence-corrected chi connectivity index (χ1v) is 20.2. The number of ketones is 3. The standard InChI is InChI=1S/C43H64O8/c1-4-5-6-7-10-13-30(44)17-19-33-32(37(46)27-38(33)47)14-11-8-9-12-15-40(49)51-28-39(48)43(50)25-22-36-34-18-16-29-26-31(45)20-23-41(29,2)35(34)21-24-42(36,43)3/h8,11,21,26,32-34,36-38,46-47,50H,4-7,9-10,12-20,22-25,27-28H2,1-3H3/b11-8-/t32-,33-,34-,36+,37+,38-,41+,42+,43+/m1/s1. The summed E-state index contributed by atoms with van der Waals surface area (Å²) in [4.78, 5) is 50.7. The van der Waals surface area contributed by atoms with Crippen molar-refractivity contribution in [3.05, 3.63) is 35.5 Å². The molecular formula is C43H64O8. The van der Waals surface area contributed by atoms with Crippen LogP contribution in [0.5, 0.6) is 0 Å². The first kappa shape index (κ1) is 39.8. The molecule has 0 unspecified atom stereocenters. The number of hydrogen-bond acceptors (Lipinski definition) is 8. The summed E-state index contributed by atoms with van der Waals surface area (Å²) in [6.45, 7) is 6.04. The van der Waals surface area contributed by atoms with Gasteiger partial charge in [0.2, 0.25) is 5.78 Å². The molecule has 9 atom stereocenters. The summed E-state index contributed by atoms with van der Waals surface area (Å²) in [6.07, 6.45) is 21.3. The van der Waals surface area contributed by atoms with E-state index in [0.717, 1.165) is 38.5 Å². The minimum atomic E-state index is -1.54. The largest absolute Gasteiger partial charge is 0.458 e. The van der Waals surface area contributed by atoms with Crippen LogP contribution >= 0.6 is 0 Å². The third kappa shape index (κ3) is 8.54. The molecule has 0 spiro atoms. The molecule has 5 aliphatic carbocycles. The maximum absolute atomic E-state index is 13.5. The van der Waals surface area contributed by atoms with Gasteiger partial charge in [-0.1, -0.05) is 75.8 Å². The van der Waals surface area contributed by atoms with Crippen LogP contribution in [0.15, 0.2) is 35.5 Å². The van der Waals surface area contributed by atoms with Crippen LogP contribution in [0.4, 0.5) is 0 Å². The van der Waals surface area contributed by atoms with Gasteiger partial charge in [0.25, 0.3) is 0 Å². The zero-order chi connectivity index (χ0) is 36.8. The number of fused-ring (bicyclic) bond motifs is 5. The van der Waals surface area contributed by atoms with Crippen LogP contribution in [-0.4, -0.2) is 63.1 Å². The highest BCUT2D eigenvalue weighted by molar-refractivity contribution is 5.92. The van der Waals surface area contributed by atoms with Crippen LogP contribution in [-0.2, 0) is 23.9 Å². The second-order valence-corrected chi connectivity index (χ2v) is 17.0. The molecule has 0 radical (unpaired) electrons. The molecule has 0 heterocycles. The van der Waals surface area contributed by atoms with E-state index < -0.39 is 41.6 Å². The fourth-order valence-corrected chi connectivity index (χ4v) is 10.7. The van der Waals surface area contributed by atoms with E-state index in [0.29, 0.717) is 64.2 Å². The number of aliphatic hydroxyl groups is 3. The molecule has 3 N–H and O–H groups in total. The van der Waals surface area contributed by atoms with Gasteiger partial charge >= 0.3 is 5.97 Å². The third-order valence-electron chi connectivity index (χ3n) is 14.0. The van der Waals surface area contributed by atoms with Gasteiger partial charge in [-0.2, -0.15) is 0 Å². The average Bonchev–Trinajstić information content (AvgIpc) is 3.54. The summed E-state index contributed by atoms with van der Waals surface area (Å²) in [5.74, 6) is -0.149. The van der Waals surface area contributed by atoms with Gasteiger partial charge in [0, 0.05) is 36.5 Å². The summed E-state index contributed by atoms with van der Waals surface area (Å²) in [5, 5.41) is 33.1. The van der Waals surface area contributed by atoms with Crippen LogP contribution < -0.4 is 0 Å². The van der Waals surface area contributed by atoms with Gasteiger partial charge in [0.1, 0.15) is 11.4 Å². The van der Waals surface area contributed by atoms with Crippen LogP contribution in [0.2, 0.25) is 0 Å². The molecule has 0 aromatic heterocycles. The molecule has 8 heteroatoms. The normalized spacial score (nSPS) is 35.9.